The predicted molar refractivity (Wildman–Crippen MR) is 83.5 cm³/mol. The van der Waals surface area contributed by atoms with Gasteiger partial charge in [-0.15, -0.1) is 0 Å². The van der Waals surface area contributed by atoms with E-state index >= 15 is 0 Å². The summed E-state index contributed by atoms with van der Waals surface area (Å²) in [7, 11) is 3.54. The van der Waals surface area contributed by atoms with Gasteiger partial charge in [-0.3, -0.25) is 9.59 Å². The van der Waals surface area contributed by atoms with Gasteiger partial charge in [0.2, 0.25) is 11.8 Å². The van der Waals surface area contributed by atoms with E-state index in [-0.39, 0.29) is 17.7 Å². The Hall–Kier alpha value is -2.08. The Morgan fingerprint density at radius 2 is 2.09 bits per heavy atom. The normalized spacial score (nSPS) is 19.5. The van der Waals surface area contributed by atoms with Crippen molar-refractivity contribution in [3.8, 4) is 5.75 Å². The van der Waals surface area contributed by atoms with Gasteiger partial charge in [0.1, 0.15) is 5.75 Å². The van der Waals surface area contributed by atoms with Gasteiger partial charge in [0.25, 0.3) is 0 Å². The highest BCUT2D eigenvalue weighted by molar-refractivity contribution is 5.81. The summed E-state index contributed by atoms with van der Waals surface area (Å²) in [4.78, 5) is 27.8. The fraction of sp³-hybridized carbons (Fsp3) is 0.500. The summed E-state index contributed by atoms with van der Waals surface area (Å²) in [6.07, 6.45) is 0.298. The summed E-state index contributed by atoms with van der Waals surface area (Å²) in [5, 5.41) is 0. The van der Waals surface area contributed by atoms with Crippen LogP contribution in [-0.4, -0.2) is 62.0 Å². The number of primary amides is 1. The highest BCUT2D eigenvalue weighted by Gasteiger charge is 2.27. The molecule has 1 saturated heterocycles. The Morgan fingerprint density at radius 3 is 2.77 bits per heavy atom. The zero-order chi connectivity index (χ0) is 16.1. The molecule has 1 heterocycles. The molecule has 2 rings (SSSR count). The van der Waals surface area contributed by atoms with Gasteiger partial charge in [0.05, 0.1) is 19.4 Å². The standard InChI is InChI=1S/C16H23N3O3/c1-18-6-7-19(11-13(10-18)16(17)21)15(20)9-12-4-3-5-14(8-12)22-2/h3-5,8,13H,6-7,9-11H2,1-2H3,(H2,17,21). The van der Waals surface area contributed by atoms with Gasteiger partial charge in [-0.2, -0.15) is 0 Å². The van der Waals surface area contributed by atoms with E-state index in [4.69, 9.17) is 10.5 Å². The molecule has 1 aliphatic heterocycles. The van der Waals surface area contributed by atoms with Gasteiger partial charge in [0, 0.05) is 26.2 Å². The van der Waals surface area contributed by atoms with Crippen LogP contribution < -0.4 is 10.5 Å². The van der Waals surface area contributed by atoms with Crippen LogP contribution in [0.3, 0.4) is 0 Å². The minimum Gasteiger partial charge on any atom is -0.497 e. The van der Waals surface area contributed by atoms with Crippen LogP contribution in [0.1, 0.15) is 5.56 Å². The highest BCUT2D eigenvalue weighted by atomic mass is 16.5. The lowest BCUT2D eigenvalue weighted by molar-refractivity contribution is -0.131. The lowest BCUT2D eigenvalue weighted by atomic mass is 10.1. The van der Waals surface area contributed by atoms with Crippen LogP contribution in [0.5, 0.6) is 5.75 Å². The molecule has 1 fully saturated rings. The second kappa shape index (κ2) is 7.26. The van der Waals surface area contributed by atoms with Crippen molar-refractivity contribution in [1.82, 2.24) is 9.80 Å². The molecule has 0 bridgehead atoms. The summed E-state index contributed by atoms with van der Waals surface area (Å²) in [6, 6.07) is 7.46. The first-order valence-electron chi connectivity index (χ1n) is 7.38. The van der Waals surface area contributed by atoms with Gasteiger partial charge in [-0.25, -0.2) is 0 Å². The number of ether oxygens (including phenoxy) is 1. The number of nitrogens with two attached hydrogens (primary N) is 1. The Labute approximate surface area is 130 Å². The maximum absolute atomic E-state index is 12.5. The number of carbonyl (C=O) groups excluding carboxylic acids is 2. The van der Waals surface area contributed by atoms with Crippen molar-refractivity contribution in [2.45, 2.75) is 6.42 Å². The Bertz CT molecular complexity index is 547. The fourth-order valence-electron chi connectivity index (χ4n) is 2.65. The zero-order valence-electron chi connectivity index (χ0n) is 13.1. The van der Waals surface area contributed by atoms with Gasteiger partial charge < -0.3 is 20.3 Å². The molecule has 1 aromatic rings. The lowest BCUT2D eigenvalue weighted by Crippen LogP contribution is -2.40. The smallest absolute Gasteiger partial charge is 0.227 e. The molecule has 0 saturated carbocycles. The third kappa shape index (κ3) is 4.21. The summed E-state index contributed by atoms with van der Waals surface area (Å²) in [5.74, 6) is 0.0698. The molecule has 2 amide bonds. The van der Waals surface area contributed by atoms with Gasteiger partial charge in [0.15, 0.2) is 0 Å². The molecule has 1 aliphatic rings. The second-order valence-corrected chi connectivity index (χ2v) is 5.73. The van der Waals surface area contributed by atoms with E-state index in [0.29, 0.717) is 26.1 Å². The van der Waals surface area contributed by atoms with Crippen molar-refractivity contribution >= 4 is 11.8 Å². The molecular weight excluding hydrogens is 282 g/mol. The molecule has 1 aromatic carbocycles. The van der Waals surface area contributed by atoms with E-state index in [2.05, 4.69) is 0 Å². The molecule has 6 nitrogen and oxygen atoms in total. The van der Waals surface area contributed by atoms with Crippen molar-refractivity contribution in [2.75, 3.05) is 40.3 Å². The van der Waals surface area contributed by atoms with Gasteiger partial charge in [-0.05, 0) is 24.7 Å². The molecule has 1 atom stereocenters. The Morgan fingerprint density at radius 1 is 1.32 bits per heavy atom. The molecule has 0 aromatic heterocycles. The van der Waals surface area contributed by atoms with Crippen LogP contribution in [-0.2, 0) is 16.0 Å². The first-order chi connectivity index (χ1) is 10.5. The number of methoxy groups -OCH3 is 1. The van der Waals surface area contributed by atoms with Gasteiger partial charge in [-0.1, -0.05) is 12.1 Å². The summed E-state index contributed by atoms with van der Waals surface area (Å²) < 4.78 is 5.17. The number of carbonyl (C=O) groups is 2. The molecular formula is C16H23N3O3. The molecule has 0 spiro atoms. The van der Waals surface area contributed by atoms with Crippen molar-refractivity contribution in [3.05, 3.63) is 29.8 Å². The van der Waals surface area contributed by atoms with Crippen LogP contribution in [0, 0.1) is 5.92 Å². The largest absolute Gasteiger partial charge is 0.497 e. The number of hydrogen-bond donors (Lipinski definition) is 1. The monoisotopic (exact) mass is 305 g/mol. The maximum Gasteiger partial charge on any atom is 0.227 e. The average Bonchev–Trinajstić information content (AvgIpc) is 2.69. The lowest BCUT2D eigenvalue weighted by Gasteiger charge is -2.22. The van der Waals surface area contributed by atoms with E-state index in [1.54, 1.807) is 12.0 Å². The van der Waals surface area contributed by atoms with Crippen LogP contribution in [0.4, 0.5) is 0 Å². The first-order valence-corrected chi connectivity index (χ1v) is 7.38. The molecule has 1 unspecified atom stereocenters. The van der Waals surface area contributed by atoms with Crippen molar-refractivity contribution in [1.29, 1.82) is 0 Å². The van der Waals surface area contributed by atoms with Crippen LogP contribution in [0.2, 0.25) is 0 Å². The molecule has 0 radical (unpaired) electrons. The quantitative estimate of drug-likeness (QED) is 0.857. The SMILES string of the molecule is COc1cccc(CC(=O)N2CCN(C)CC(C(N)=O)C2)c1. The van der Waals surface area contributed by atoms with E-state index in [9.17, 15) is 9.59 Å². The number of benzene rings is 1. The minimum atomic E-state index is -0.354. The zero-order valence-corrected chi connectivity index (χ0v) is 13.1. The third-order valence-electron chi connectivity index (χ3n) is 3.97. The molecule has 2 N–H and O–H groups in total. The highest BCUT2D eigenvalue weighted by Crippen LogP contribution is 2.15. The topological polar surface area (TPSA) is 75.9 Å². The van der Waals surface area contributed by atoms with E-state index in [1.165, 1.54) is 0 Å². The number of amides is 2. The Balaban J connectivity index is 2.05. The summed E-state index contributed by atoms with van der Waals surface area (Å²) in [5.41, 5.74) is 6.33. The van der Waals surface area contributed by atoms with Gasteiger partial charge >= 0.3 is 0 Å². The second-order valence-electron chi connectivity index (χ2n) is 5.73. The first kappa shape index (κ1) is 16.3. The van der Waals surface area contributed by atoms with Crippen molar-refractivity contribution in [2.24, 2.45) is 11.7 Å². The maximum atomic E-state index is 12.5. The van der Waals surface area contributed by atoms with Crippen LogP contribution in [0.25, 0.3) is 0 Å². The predicted octanol–water partition coefficient (Wildman–Crippen LogP) is 0.113. The van der Waals surface area contributed by atoms with E-state index < -0.39 is 0 Å². The fourth-order valence-corrected chi connectivity index (χ4v) is 2.65. The summed E-state index contributed by atoms with van der Waals surface area (Å²) in [6.45, 7) is 2.34. The minimum absolute atomic E-state index is 0.00908. The number of hydrogen-bond acceptors (Lipinski definition) is 4. The van der Waals surface area contributed by atoms with Crippen LogP contribution >= 0.6 is 0 Å². The number of likely N-dealkylation sites (N-methyl/N-ethyl adjacent to an activating group) is 1. The third-order valence-corrected chi connectivity index (χ3v) is 3.97. The van der Waals surface area contributed by atoms with E-state index in [0.717, 1.165) is 17.9 Å². The van der Waals surface area contributed by atoms with E-state index in [1.807, 2.05) is 36.2 Å². The molecule has 0 aliphatic carbocycles. The average molecular weight is 305 g/mol. The van der Waals surface area contributed by atoms with Crippen molar-refractivity contribution in [3.63, 3.8) is 0 Å². The molecule has 120 valence electrons. The summed E-state index contributed by atoms with van der Waals surface area (Å²) >= 11 is 0. The number of rotatable bonds is 4. The molecule has 6 heteroatoms. The molecule has 22 heavy (non-hydrogen) atoms. The van der Waals surface area contributed by atoms with Crippen LogP contribution in [0.15, 0.2) is 24.3 Å². The Kier molecular flexibility index (Phi) is 5.38. The number of nitrogens with zero attached hydrogens (tertiary/aromatic N) is 2. The van der Waals surface area contributed by atoms with Crippen molar-refractivity contribution < 1.29 is 14.3 Å².